The highest BCUT2D eigenvalue weighted by Gasteiger charge is 2.28. The number of benzene rings is 2. The van der Waals surface area contributed by atoms with Crippen LogP contribution >= 0.6 is 0 Å². The van der Waals surface area contributed by atoms with Gasteiger partial charge in [0, 0.05) is 5.56 Å². The zero-order valence-electron chi connectivity index (χ0n) is 18.7. The molecule has 0 radical (unpaired) electrons. The predicted octanol–water partition coefficient (Wildman–Crippen LogP) is 5.30. The third kappa shape index (κ3) is 4.09. The van der Waals surface area contributed by atoms with Crippen molar-refractivity contribution in [2.75, 3.05) is 0 Å². The van der Waals surface area contributed by atoms with Crippen LogP contribution in [0.3, 0.4) is 0 Å². The zero-order valence-corrected chi connectivity index (χ0v) is 18.7. The topological polar surface area (TPSA) is 65.0 Å². The highest BCUT2D eigenvalue weighted by molar-refractivity contribution is 5.72. The molecule has 0 spiro atoms. The number of hydrogen-bond donors (Lipinski definition) is 1. The van der Waals surface area contributed by atoms with Crippen LogP contribution in [0.5, 0.6) is 5.75 Å². The number of fused-ring (bicyclic) bond motifs is 1. The quantitative estimate of drug-likeness (QED) is 0.481. The Morgan fingerprint density at radius 2 is 1.72 bits per heavy atom. The molecule has 0 unspecified atom stereocenters. The van der Waals surface area contributed by atoms with E-state index in [4.69, 9.17) is 0 Å². The number of rotatable bonds is 4. The summed E-state index contributed by atoms with van der Waals surface area (Å²) in [7, 11) is 0. The molecule has 1 N–H and O–H groups in total. The van der Waals surface area contributed by atoms with Crippen molar-refractivity contribution in [3.63, 3.8) is 0 Å². The van der Waals surface area contributed by atoms with E-state index >= 15 is 0 Å². The number of phenolic OH excluding ortho intramolecular Hbond substituents is 1. The van der Waals surface area contributed by atoms with Gasteiger partial charge in [-0.2, -0.15) is 0 Å². The molecule has 3 rings (SSSR count). The standard InChI is InChI=1S/C24H33N3O2/c1-8-9-10-16-11-12-20-19(13-16)25-26(27(20)29)21-15-17(23(2,3)4)14-18(22(21)28)24(5,6)7/h11-15,28H,8-10H2,1-7H3. The van der Waals surface area contributed by atoms with Crippen LogP contribution in [-0.2, 0) is 17.3 Å². The van der Waals surface area contributed by atoms with E-state index in [1.54, 1.807) is 0 Å². The molecule has 1 heterocycles. The van der Waals surface area contributed by atoms with Gasteiger partial charge in [0.1, 0.15) is 0 Å². The number of aromatic nitrogens is 3. The van der Waals surface area contributed by atoms with Gasteiger partial charge in [-0.05, 0) is 57.8 Å². The molecule has 5 nitrogen and oxygen atoms in total. The van der Waals surface area contributed by atoms with Crippen molar-refractivity contribution in [2.45, 2.75) is 78.6 Å². The molecule has 2 aromatic carbocycles. The van der Waals surface area contributed by atoms with Crippen LogP contribution in [-0.4, -0.2) is 15.0 Å². The maximum atomic E-state index is 13.0. The molecule has 0 fully saturated rings. The fraction of sp³-hybridized carbons (Fsp3) is 0.500. The lowest BCUT2D eigenvalue weighted by Gasteiger charge is -2.26. The predicted molar refractivity (Wildman–Crippen MR) is 118 cm³/mol. The van der Waals surface area contributed by atoms with E-state index < -0.39 is 0 Å². The first-order valence-electron chi connectivity index (χ1n) is 10.4. The van der Waals surface area contributed by atoms with Crippen molar-refractivity contribution in [2.24, 2.45) is 0 Å². The Morgan fingerprint density at radius 1 is 1.03 bits per heavy atom. The number of hydrogen-bond acceptors (Lipinski definition) is 3. The second kappa shape index (κ2) is 7.36. The highest BCUT2D eigenvalue weighted by Crippen LogP contribution is 2.39. The molecular formula is C24H33N3O2. The Bertz CT molecular complexity index is 1040. The maximum absolute atomic E-state index is 13.0. The maximum Gasteiger partial charge on any atom is 0.250 e. The van der Waals surface area contributed by atoms with Crippen molar-refractivity contribution < 1.29 is 9.95 Å². The van der Waals surface area contributed by atoms with Crippen LogP contribution in [0, 0.1) is 5.21 Å². The monoisotopic (exact) mass is 395 g/mol. The van der Waals surface area contributed by atoms with Gasteiger partial charge in [0.05, 0.1) is 5.10 Å². The Morgan fingerprint density at radius 3 is 2.31 bits per heavy atom. The summed E-state index contributed by atoms with van der Waals surface area (Å²) in [6, 6.07) is 9.71. The van der Waals surface area contributed by atoms with Crippen LogP contribution in [0.4, 0.5) is 0 Å². The SMILES string of the molecule is CCCCc1ccc2c(c1)nn(-c1cc(C(C)(C)C)cc(C(C)(C)C)c1O)[n+]2[O-]. The lowest BCUT2D eigenvalue weighted by atomic mass is 9.80. The summed E-state index contributed by atoms with van der Waals surface area (Å²) in [5.74, 6) is 0.106. The molecule has 0 aliphatic carbocycles. The van der Waals surface area contributed by atoms with E-state index in [9.17, 15) is 10.3 Å². The van der Waals surface area contributed by atoms with Gasteiger partial charge in [-0.1, -0.05) is 67.0 Å². The largest absolute Gasteiger partial charge is 0.692 e. The Kier molecular flexibility index (Phi) is 5.37. The number of unbranched alkanes of at least 4 members (excludes halogenated alkanes) is 1. The summed E-state index contributed by atoms with van der Waals surface area (Å²) in [6.07, 6.45) is 3.20. The average molecular weight is 396 g/mol. The molecule has 0 aliphatic rings. The van der Waals surface area contributed by atoms with Gasteiger partial charge in [-0.15, -0.1) is 4.85 Å². The average Bonchev–Trinajstić information content (AvgIpc) is 2.94. The number of phenols is 1. The van der Waals surface area contributed by atoms with E-state index in [1.165, 1.54) is 10.4 Å². The normalized spacial score (nSPS) is 12.7. The molecule has 0 saturated carbocycles. The minimum absolute atomic E-state index is 0.106. The molecule has 0 bridgehead atoms. The minimum atomic E-state index is -0.270. The van der Waals surface area contributed by atoms with Gasteiger partial charge in [-0.25, -0.2) is 0 Å². The van der Waals surface area contributed by atoms with Gasteiger partial charge >= 0.3 is 0 Å². The van der Waals surface area contributed by atoms with Crippen molar-refractivity contribution in [1.29, 1.82) is 0 Å². The summed E-state index contributed by atoms with van der Waals surface area (Å²) < 4.78 is 0. The van der Waals surface area contributed by atoms with Crippen LogP contribution in [0.25, 0.3) is 16.7 Å². The molecule has 29 heavy (non-hydrogen) atoms. The van der Waals surface area contributed by atoms with Crippen molar-refractivity contribution in [3.05, 3.63) is 52.2 Å². The molecule has 3 aromatic rings. The lowest BCUT2D eigenvalue weighted by molar-refractivity contribution is -0.664. The number of nitrogens with zero attached hydrogens (tertiary/aromatic N) is 3. The summed E-state index contributed by atoms with van der Waals surface area (Å²) in [4.78, 5) is 2.06. The second-order valence-electron chi connectivity index (χ2n) is 9.98. The third-order valence-corrected chi connectivity index (χ3v) is 5.42. The van der Waals surface area contributed by atoms with Crippen LogP contribution in [0.1, 0.15) is 78.0 Å². The molecule has 0 atom stereocenters. The molecule has 0 aliphatic heterocycles. The van der Waals surface area contributed by atoms with E-state index in [2.05, 4.69) is 53.6 Å². The molecule has 5 heteroatoms. The molecule has 1 aromatic heterocycles. The van der Waals surface area contributed by atoms with Crippen molar-refractivity contribution in [3.8, 4) is 11.4 Å². The van der Waals surface area contributed by atoms with E-state index in [0.717, 1.165) is 35.2 Å². The van der Waals surface area contributed by atoms with Crippen LogP contribution in [0.2, 0.25) is 0 Å². The number of aryl methyl sites for hydroxylation is 1. The lowest BCUT2D eigenvalue weighted by Crippen LogP contribution is -2.37. The first-order valence-corrected chi connectivity index (χ1v) is 10.4. The minimum Gasteiger partial charge on any atom is -0.692 e. The van der Waals surface area contributed by atoms with E-state index in [1.807, 2.05) is 30.3 Å². The molecular weight excluding hydrogens is 362 g/mol. The second-order valence-corrected chi connectivity index (χ2v) is 9.98. The number of aromatic hydroxyl groups is 1. The van der Waals surface area contributed by atoms with E-state index in [-0.39, 0.29) is 16.6 Å². The van der Waals surface area contributed by atoms with Crippen molar-refractivity contribution >= 4 is 11.0 Å². The van der Waals surface area contributed by atoms with Gasteiger partial charge in [0.2, 0.25) is 5.52 Å². The highest BCUT2D eigenvalue weighted by atomic mass is 16.5. The fourth-order valence-electron chi connectivity index (χ4n) is 3.52. The van der Waals surface area contributed by atoms with Crippen molar-refractivity contribution in [1.82, 2.24) is 9.90 Å². The Labute approximate surface area is 173 Å². The smallest absolute Gasteiger partial charge is 0.250 e. The molecule has 0 amide bonds. The summed E-state index contributed by atoms with van der Waals surface area (Å²) in [5.41, 5.74) is 4.21. The first kappa shape index (κ1) is 21.2. The van der Waals surface area contributed by atoms with E-state index in [0.29, 0.717) is 16.7 Å². The summed E-state index contributed by atoms with van der Waals surface area (Å²) >= 11 is 0. The molecule has 156 valence electrons. The van der Waals surface area contributed by atoms with Gasteiger partial charge < -0.3 is 10.3 Å². The Balaban J connectivity index is 2.24. The van der Waals surface area contributed by atoms with Gasteiger partial charge in [0.15, 0.2) is 11.4 Å². The summed E-state index contributed by atoms with van der Waals surface area (Å²) in [6.45, 7) is 14.7. The molecule has 0 saturated heterocycles. The fourth-order valence-corrected chi connectivity index (χ4v) is 3.52. The van der Waals surface area contributed by atoms with Crippen LogP contribution in [0.15, 0.2) is 30.3 Å². The zero-order chi connectivity index (χ0) is 21.6. The van der Waals surface area contributed by atoms with Crippen LogP contribution < -0.4 is 4.85 Å². The van der Waals surface area contributed by atoms with Gasteiger partial charge in [-0.3, -0.25) is 0 Å². The van der Waals surface area contributed by atoms with Gasteiger partial charge in [0.25, 0.3) is 5.52 Å². The first-order chi connectivity index (χ1) is 13.4. The Hall–Kier alpha value is -2.56. The summed E-state index contributed by atoms with van der Waals surface area (Å²) in [5, 5.41) is 28.7. The third-order valence-electron chi connectivity index (χ3n) is 5.42.